The SMILES string of the molecule is CCC(NC(=O)c1cc(C(=O)NC(C)c2cccc(S(N)(=O)=O)c2)n2c1COCC2)c1ccccc1. The predicted octanol–water partition coefficient (Wildman–Crippen LogP) is 3.04. The van der Waals surface area contributed by atoms with Crippen LogP contribution in [0.1, 0.15) is 70.0 Å². The molecule has 0 aliphatic carbocycles. The fourth-order valence-corrected chi connectivity index (χ4v) is 4.94. The largest absolute Gasteiger partial charge is 0.373 e. The molecule has 1 aromatic heterocycles. The standard InChI is InChI=1S/C26H30N4O5S/c1-3-22(18-8-5-4-6-9-18)29-25(31)21-15-23(30-12-13-35-16-24(21)30)26(32)28-17(2)19-10-7-11-20(14-19)36(27,33)34/h4-11,14-15,17,22H,3,12-13,16H2,1-2H3,(H,28,32)(H,29,31)(H2,27,33,34). The van der Waals surface area contributed by atoms with Crippen molar-refractivity contribution in [3.05, 3.63) is 88.7 Å². The first-order valence-electron chi connectivity index (χ1n) is 11.8. The second-order valence-electron chi connectivity index (χ2n) is 8.75. The van der Waals surface area contributed by atoms with Crippen molar-refractivity contribution in [1.29, 1.82) is 0 Å². The molecular formula is C26H30N4O5S. The molecule has 3 aromatic rings. The molecule has 1 aliphatic heterocycles. The Kier molecular flexibility index (Phi) is 7.58. The quantitative estimate of drug-likeness (QED) is 0.429. The number of nitrogens with two attached hydrogens (primary N) is 1. The highest BCUT2D eigenvalue weighted by molar-refractivity contribution is 7.89. The maximum absolute atomic E-state index is 13.3. The number of nitrogens with one attached hydrogen (secondary N) is 2. The maximum atomic E-state index is 13.3. The molecule has 36 heavy (non-hydrogen) atoms. The van der Waals surface area contributed by atoms with Crippen LogP contribution in [0.4, 0.5) is 0 Å². The summed E-state index contributed by atoms with van der Waals surface area (Å²) in [7, 11) is -3.87. The van der Waals surface area contributed by atoms with E-state index in [0.29, 0.717) is 42.1 Å². The molecule has 0 fully saturated rings. The topological polar surface area (TPSA) is 133 Å². The molecule has 2 heterocycles. The number of nitrogens with zero attached hydrogens (tertiary/aromatic N) is 1. The van der Waals surface area contributed by atoms with Crippen molar-refractivity contribution in [3.8, 4) is 0 Å². The van der Waals surface area contributed by atoms with Gasteiger partial charge in [-0.15, -0.1) is 0 Å². The number of aromatic nitrogens is 1. The van der Waals surface area contributed by atoms with Gasteiger partial charge in [0.05, 0.1) is 41.5 Å². The van der Waals surface area contributed by atoms with Gasteiger partial charge in [-0.1, -0.05) is 49.4 Å². The van der Waals surface area contributed by atoms with Gasteiger partial charge in [-0.25, -0.2) is 13.6 Å². The van der Waals surface area contributed by atoms with E-state index in [-0.39, 0.29) is 29.4 Å². The Hall–Kier alpha value is -3.47. The summed E-state index contributed by atoms with van der Waals surface area (Å²) in [5.74, 6) is -0.645. The number of ether oxygens (including phenoxy) is 1. The first kappa shape index (κ1) is 25.6. The summed E-state index contributed by atoms with van der Waals surface area (Å²) in [6.45, 7) is 4.85. The highest BCUT2D eigenvalue weighted by Gasteiger charge is 2.28. The van der Waals surface area contributed by atoms with Crippen molar-refractivity contribution in [2.45, 2.75) is 50.4 Å². The molecule has 4 N–H and O–H groups in total. The van der Waals surface area contributed by atoms with Gasteiger partial charge in [-0.3, -0.25) is 9.59 Å². The molecule has 190 valence electrons. The van der Waals surface area contributed by atoms with Crippen molar-refractivity contribution in [3.63, 3.8) is 0 Å². The van der Waals surface area contributed by atoms with Crippen molar-refractivity contribution in [2.24, 2.45) is 5.14 Å². The molecule has 2 amide bonds. The molecule has 1 aliphatic rings. The number of rotatable bonds is 8. The smallest absolute Gasteiger partial charge is 0.268 e. The molecule has 9 nitrogen and oxygen atoms in total. The lowest BCUT2D eigenvalue weighted by Gasteiger charge is -2.21. The van der Waals surface area contributed by atoms with Gasteiger partial charge in [0.1, 0.15) is 5.69 Å². The molecule has 0 radical (unpaired) electrons. The van der Waals surface area contributed by atoms with E-state index in [1.807, 2.05) is 41.8 Å². The molecule has 2 aromatic carbocycles. The van der Waals surface area contributed by atoms with Gasteiger partial charge in [-0.2, -0.15) is 0 Å². The number of fused-ring (bicyclic) bond motifs is 1. The second kappa shape index (κ2) is 10.7. The van der Waals surface area contributed by atoms with Crippen LogP contribution in [-0.4, -0.2) is 31.4 Å². The average Bonchev–Trinajstić information content (AvgIpc) is 3.27. The van der Waals surface area contributed by atoms with E-state index in [4.69, 9.17) is 9.88 Å². The molecule has 2 atom stereocenters. The zero-order chi connectivity index (χ0) is 25.9. The fraction of sp³-hybridized carbons (Fsp3) is 0.308. The molecule has 0 saturated carbocycles. The molecular weight excluding hydrogens is 480 g/mol. The van der Waals surface area contributed by atoms with Crippen LogP contribution < -0.4 is 15.8 Å². The summed E-state index contributed by atoms with van der Waals surface area (Å²) in [6, 6.07) is 16.8. The number of sulfonamides is 1. The Morgan fingerprint density at radius 3 is 2.44 bits per heavy atom. The lowest BCUT2D eigenvalue weighted by atomic mass is 10.0. The van der Waals surface area contributed by atoms with Crippen LogP contribution in [0.25, 0.3) is 0 Å². The van der Waals surface area contributed by atoms with Gasteiger partial charge in [0, 0.05) is 6.54 Å². The van der Waals surface area contributed by atoms with E-state index < -0.39 is 16.1 Å². The van der Waals surface area contributed by atoms with Crippen molar-refractivity contribution < 1.29 is 22.7 Å². The van der Waals surface area contributed by atoms with Crippen LogP contribution in [0, 0.1) is 0 Å². The Morgan fingerprint density at radius 1 is 1.03 bits per heavy atom. The molecule has 10 heteroatoms. The van der Waals surface area contributed by atoms with Crippen molar-refractivity contribution >= 4 is 21.8 Å². The third-order valence-electron chi connectivity index (χ3n) is 6.33. The third kappa shape index (κ3) is 5.51. The van der Waals surface area contributed by atoms with Crippen LogP contribution in [0.3, 0.4) is 0 Å². The fourth-order valence-electron chi connectivity index (χ4n) is 4.37. The third-order valence-corrected chi connectivity index (χ3v) is 7.24. The Balaban J connectivity index is 1.57. The summed E-state index contributed by atoms with van der Waals surface area (Å²) in [4.78, 5) is 26.5. The van der Waals surface area contributed by atoms with Crippen LogP contribution in [-0.2, 0) is 27.9 Å². The van der Waals surface area contributed by atoms with E-state index in [1.165, 1.54) is 12.1 Å². The minimum absolute atomic E-state index is 0.0267. The maximum Gasteiger partial charge on any atom is 0.268 e. The van der Waals surface area contributed by atoms with Gasteiger partial charge in [0.15, 0.2) is 0 Å². The number of hydrogen-bond donors (Lipinski definition) is 3. The van der Waals surface area contributed by atoms with Gasteiger partial charge >= 0.3 is 0 Å². The van der Waals surface area contributed by atoms with Gasteiger partial charge in [0.2, 0.25) is 10.0 Å². The zero-order valence-corrected chi connectivity index (χ0v) is 21.0. The lowest BCUT2D eigenvalue weighted by molar-refractivity contribution is 0.0774. The first-order chi connectivity index (χ1) is 17.2. The van der Waals surface area contributed by atoms with E-state index in [0.717, 1.165) is 5.56 Å². The van der Waals surface area contributed by atoms with E-state index >= 15 is 0 Å². The van der Waals surface area contributed by atoms with Gasteiger partial charge in [0.25, 0.3) is 11.8 Å². The zero-order valence-electron chi connectivity index (χ0n) is 20.2. The summed E-state index contributed by atoms with van der Waals surface area (Å²) in [5.41, 5.74) is 3.00. The van der Waals surface area contributed by atoms with Crippen molar-refractivity contribution in [1.82, 2.24) is 15.2 Å². The predicted molar refractivity (Wildman–Crippen MR) is 135 cm³/mol. The Morgan fingerprint density at radius 2 is 1.75 bits per heavy atom. The van der Waals surface area contributed by atoms with E-state index in [2.05, 4.69) is 10.6 Å². The van der Waals surface area contributed by atoms with Gasteiger partial charge in [-0.05, 0) is 42.7 Å². The van der Waals surface area contributed by atoms with Gasteiger partial charge < -0.3 is 19.9 Å². The number of carbonyl (C=O) groups excluding carboxylic acids is 2. The first-order valence-corrected chi connectivity index (χ1v) is 13.3. The highest BCUT2D eigenvalue weighted by atomic mass is 32.2. The summed E-state index contributed by atoms with van der Waals surface area (Å²) in [5, 5.41) is 11.2. The summed E-state index contributed by atoms with van der Waals surface area (Å²) >= 11 is 0. The van der Waals surface area contributed by atoms with Crippen LogP contribution in [0.15, 0.2) is 65.6 Å². The molecule has 2 unspecified atom stereocenters. The number of primary sulfonamides is 1. The van der Waals surface area contributed by atoms with E-state index in [9.17, 15) is 18.0 Å². The van der Waals surface area contributed by atoms with Crippen LogP contribution in [0.5, 0.6) is 0 Å². The Labute approximate surface area is 210 Å². The van der Waals surface area contributed by atoms with Crippen molar-refractivity contribution in [2.75, 3.05) is 6.61 Å². The monoisotopic (exact) mass is 510 g/mol. The van der Waals surface area contributed by atoms with E-state index in [1.54, 1.807) is 25.1 Å². The lowest BCUT2D eigenvalue weighted by Crippen LogP contribution is -2.31. The molecule has 4 rings (SSSR count). The molecule has 0 saturated heterocycles. The minimum Gasteiger partial charge on any atom is -0.373 e. The molecule has 0 bridgehead atoms. The van der Waals surface area contributed by atoms with Crippen LogP contribution >= 0.6 is 0 Å². The normalized spacial score (nSPS) is 15.0. The number of carbonyl (C=O) groups is 2. The summed E-state index contributed by atoms with van der Waals surface area (Å²) < 4.78 is 30.8. The summed E-state index contributed by atoms with van der Waals surface area (Å²) in [6.07, 6.45) is 0.713. The highest BCUT2D eigenvalue weighted by Crippen LogP contribution is 2.24. The number of hydrogen-bond acceptors (Lipinski definition) is 5. The number of benzene rings is 2. The number of amides is 2. The molecule has 0 spiro atoms. The Bertz CT molecular complexity index is 1370. The minimum atomic E-state index is -3.87. The van der Waals surface area contributed by atoms with Crippen LogP contribution in [0.2, 0.25) is 0 Å². The second-order valence-corrected chi connectivity index (χ2v) is 10.3. The average molecular weight is 511 g/mol.